The first-order valence-electron chi connectivity index (χ1n) is 5.52. The molecule has 1 atom stereocenters. The third kappa shape index (κ3) is 2.36. The molecule has 0 bridgehead atoms. The highest BCUT2D eigenvalue weighted by Gasteiger charge is 2.45. The van der Waals surface area contributed by atoms with Crippen molar-refractivity contribution < 1.29 is 4.92 Å². The van der Waals surface area contributed by atoms with Gasteiger partial charge in [0, 0.05) is 17.8 Å². The van der Waals surface area contributed by atoms with E-state index in [0.717, 1.165) is 17.7 Å². The summed E-state index contributed by atoms with van der Waals surface area (Å²) < 4.78 is 0. The van der Waals surface area contributed by atoms with Crippen LogP contribution >= 0.6 is 11.6 Å². The Hall–Kier alpha value is -1.29. The van der Waals surface area contributed by atoms with Crippen molar-refractivity contribution in [3.05, 3.63) is 32.8 Å². The zero-order valence-corrected chi connectivity index (χ0v) is 10.8. The maximum atomic E-state index is 10.7. The number of hydrogen-bond acceptors (Lipinski definition) is 3. The molecule has 0 radical (unpaired) electrons. The second kappa shape index (κ2) is 3.88. The lowest BCUT2D eigenvalue weighted by Crippen LogP contribution is -2.09. The number of hydrogen-bond donors (Lipinski definition) is 1. The highest BCUT2D eigenvalue weighted by Crippen LogP contribution is 2.47. The summed E-state index contributed by atoms with van der Waals surface area (Å²) in [5.41, 5.74) is 2.01. The van der Waals surface area contributed by atoms with Crippen molar-refractivity contribution in [3.8, 4) is 0 Å². The van der Waals surface area contributed by atoms with Crippen LogP contribution in [0.3, 0.4) is 0 Å². The van der Waals surface area contributed by atoms with Gasteiger partial charge in [-0.3, -0.25) is 10.1 Å². The first kappa shape index (κ1) is 12.2. The predicted octanol–water partition coefficient (Wildman–Crippen LogP) is 3.77. The standard InChI is InChI=1S/C12H15ClN2O2/c1-7-4-10(15(16)17)8(13)5-9(7)14-11-6-12(11,2)3/h4-5,11,14H,6H2,1-3H3. The number of nitrogens with one attached hydrogen (secondary N) is 1. The van der Waals surface area contributed by atoms with Crippen LogP contribution in [0.2, 0.25) is 5.02 Å². The fourth-order valence-corrected chi connectivity index (χ4v) is 2.10. The number of aryl methyl sites for hydroxylation is 1. The van der Waals surface area contributed by atoms with Crippen LogP contribution in [0, 0.1) is 22.5 Å². The third-order valence-corrected chi connectivity index (χ3v) is 3.64. The molecule has 0 heterocycles. The summed E-state index contributed by atoms with van der Waals surface area (Å²) in [7, 11) is 0. The monoisotopic (exact) mass is 254 g/mol. The van der Waals surface area contributed by atoms with Gasteiger partial charge in [-0.05, 0) is 30.4 Å². The lowest BCUT2D eigenvalue weighted by Gasteiger charge is -2.11. The smallest absolute Gasteiger partial charge is 0.288 e. The van der Waals surface area contributed by atoms with E-state index in [2.05, 4.69) is 19.2 Å². The summed E-state index contributed by atoms with van der Waals surface area (Å²) in [6.07, 6.45) is 1.11. The van der Waals surface area contributed by atoms with E-state index >= 15 is 0 Å². The van der Waals surface area contributed by atoms with Crippen LogP contribution in [0.4, 0.5) is 11.4 Å². The minimum Gasteiger partial charge on any atom is -0.381 e. The van der Waals surface area contributed by atoms with E-state index in [-0.39, 0.29) is 10.7 Å². The molecular formula is C12H15ClN2O2. The van der Waals surface area contributed by atoms with Crippen molar-refractivity contribution in [1.29, 1.82) is 0 Å². The first-order valence-corrected chi connectivity index (χ1v) is 5.90. The molecule has 0 saturated heterocycles. The van der Waals surface area contributed by atoms with Crippen LogP contribution in [0.25, 0.3) is 0 Å². The maximum absolute atomic E-state index is 10.7. The van der Waals surface area contributed by atoms with Gasteiger partial charge in [-0.1, -0.05) is 25.4 Å². The molecule has 0 spiro atoms. The molecule has 0 aromatic heterocycles. The average Bonchev–Trinajstić information content (AvgIpc) is 2.79. The van der Waals surface area contributed by atoms with E-state index in [1.54, 1.807) is 6.07 Å². The number of nitro groups is 1. The molecule has 1 aromatic rings. The molecule has 17 heavy (non-hydrogen) atoms. The van der Waals surface area contributed by atoms with E-state index in [1.807, 2.05) is 6.92 Å². The molecule has 92 valence electrons. The summed E-state index contributed by atoms with van der Waals surface area (Å²) >= 11 is 5.89. The molecule has 1 aliphatic rings. The van der Waals surface area contributed by atoms with Gasteiger partial charge < -0.3 is 5.32 Å². The minimum absolute atomic E-state index is 0.0372. The largest absolute Gasteiger partial charge is 0.381 e. The summed E-state index contributed by atoms with van der Waals surface area (Å²) in [4.78, 5) is 10.3. The van der Waals surface area contributed by atoms with E-state index < -0.39 is 4.92 Å². The Morgan fingerprint density at radius 3 is 2.59 bits per heavy atom. The Balaban J connectivity index is 2.25. The summed E-state index contributed by atoms with van der Waals surface area (Å²) in [6, 6.07) is 3.59. The fourth-order valence-electron chi connectivity index (χ4n) is 1.86. The van der Waals surface area contributed by atoms with Crippen LogP contribution in [0.5, 0.6) is 0 Å². The molecule has 1 aromatic carbocycles. The zero-order chi connectivity index (χ0) is 12.8. The summed E-state index contributed by atoms with van der Waals surface area (Å²) in [5, 5.41) is 14.3. The number of nitrogens with zero attached hydrogens (tertiary/aromatic N) is 1. The van der Waals surface area contributed by atoms with Crippen molar-refractivity contribution in [2.24, 2.45) is 5.41 Å². The van der Waals surface area contributed by atoms with Crippen LogP contribution in [-0.2, 0) is 0 Å². The van der Waals surface area contributed by atoms with Crippen LogP contribution in [0.1, 0.15) is 25.8 Å². The number of anilines is 1. The third-order valence-electron chi connectivity index (χ3n) is 3.33. The van der Waals surface area contributed by atoms with Gasteiger partial charge in [0.05, 0.1) is 4.92 Å². The van der Waals surface area contributed by atoms with Gasteiger partial charge in [0.2, 0.25) is 0 Å². The Kier molecular flexibility index (Phi) is 2.78. The van der Waals surface area contributed by atoms with Crippen LogP contribution in [-0.4, -0.2) is 11.0 Å². The lowest BCUT2D eigenvalue weighted by molar-refractivity contribution is -0.384. The van der Waals surface area contributed by atoms with Gasteiger partial charge in [0.25, 0.3) is 5.69 Å². The molecule has 2 rings (SSSR count). The van der Waals surface area contributed by atoms with Gasteiger partial charge in [-0.2, -0.15) is 0 Å². The highest BCUT2D eigenvalue weighted by molar-refractivity contribution is 6.33. The lowest BCUT2D eigenvalue weighted by atomic mass is 10.1. The zero-order valence-electron chi connectivity index (χ0n) is 10.1. The topological polar surface area (TPSA) is 55.2 Å². The van der Waals surface area contributed by atoms with E-state index in [1.165, 1.54) is 6.07 Å². The van der Waals surface area contributed by atoms with E-state index in [4.69, 9.17) is 11.6 Å². The van der Waals surface area contributed by atoms with Gasteiger partial charge in [0.1, 0.15) is 5.02 Å². The Morgan fingerprint density at radius 2 is 2.12 bits per heavy atom. The van der Waals surface area contributed by atoms with Gasteiger partial charge in [-0.15, -0.1) is 0 Å². The Morgan fingerprint density at radius 1 is 1.53 bits per heavy atom. The molecule has 1 fully saturated rings. The summed E-state index contributed by atoms with van der Waals surface area (Å²) in [5.74, 6) is 0. The van der Waals surface area contributed by atoms with Gasteiger partial charge in [0.15, 0.2) is 0 Å². The fraction of sp³-hybridized carbons (Fsp3) is 0.500. The van der Waals surface area contributed by atoms with Crippen molar-refractivity contribution in [2.45, 2.75) is 33.2 Å². The molecule has 5 heteroatoms. The van der Waals surface area contributed by atoms with Crippen molar-refractivity contribution in [2.75, 3.05) is 5.32 Å². The molecule has 0 aliphatic heterocycles. The van der Waals surface area contributed by atoms with Crippen molar-refractivity contribution in [3.63, 3.8) is 0 Å². The number of nitro benzene ring substituents is 1. The second-order valence-corrected chi connectivity index (χ2v) is 5.67. The minimum atomic E-state index is -0.458. The van der Waals surface area contributed by atoms with Crippen molar-refractivity contribution in [1.82, 2.24) is 0 Å². The normalized spacial score (nSPS) is 21.1. The quantitative estimate of drug-likeness (QED) is 0.660. The van der Waals surface area contributed by atoms with Crippen molar-refractivity contribution >= 4 is 23.0 Å². The number of benzene rings is 1. The second-order valence-electron chi connectivity index (χ2n) is 5.27. The van der Waals surface area contributed by atoms with Crippen LogP contribution < -0.4 is 5.32 Å². The van der Waals surface area contributed by atoms with Crippen LogP contribution in [0.15, 0.2) is 12.1 Å². The molecule has 1 N–H and O–H groups in total. The summed E-state index contributed by atoms with van der Waals surface area (Å²) in [6.45, 7) is 6.22. The van der Waals surface area contributed by atoms with E-state index in [0.29, 0.717) is 11.5 Å². The molecule has 1 unspecified atom stereocenters. The molecular weight excluding hydrogens is 240 g/mol. The molecule has 1 aliphatic carbocycles. The predicted molar refractivity (Wildman–Crippen MR) is 68.7 cm³/mol. The first-order chi connectivity index (χ1) is 7.81. The molecule has 0 amide bonds. The Labute approximate surface area is 105 Å². The average molecular weight is 255 g/mol. The highest BCUT2D eigenvalue weighted by atomic mass is 35.5. The molecule has 1 saturated carbocycles. The number of halogens is 1. The van der Waals surface area contributed by atoms with E-state index in [9.17, 15) is 10.1 Å². The Bertz CT molecular complexity index is 486. The molecule has 4 nitrogen and oxygen atoms in total. The van der Waals surface area contributed by atoms with Gasteiger partial charge >= 0.3 is 0 Å². The maximum Gasteiger partial charge on any atom is 0.288 e. The van der Waals surface area contributed by atoms with Gasteiger partial charge in [-0.25, -0.2) is 0 Å². The number of rotatable bonds is 3. The SMILES string of the molecule is Cc1cc([N+](=O)[O-])c(Cl)cc1NC1CC1(C)C.